The van der Waals surface area contributed by atoms with Gasteiger partial charge in [-0.2, -0.15) is 0 Å². The van der Waals surface area contributed by atoms with Crippen molar-refractivity contribution < 1.29 is 23.8 Å². The highest BCUT2D eigenvalue weighted by molar-refractivity contribution is 7.12. The number of methoxy groups -OCH3 is 2. The lowest BCUT2D eigenvalue weighted by Gasteiger charge is -2.36. The Bertz CT molecular complexity index is 1110. The van der Waals surface area contributed by atoms with Gasteiger partial charge in [0.25, 0.3) is 5.91 Å². The molecule has 0 N–H and O–H groups in total. The van der Waals surface area contributed by atoms with Crippen molar-refractivity contribution in [2.24, 2.45) is 0 Å². The first kappa shape index (κ1) is 24.9. The monoisotopic (exact) mass is 494 g/mol. The van der Waals surface area contributed by atoms with Gasteiger partial charge in [-0.25, -0.2) is 4.79 Å². The molecule has 1 unspecified atom stereocenters. The van der Waals surface area contributed by atoms with E-state index < -0.39 is 0 Å². The lowest BCUT2D eigenvalue weighted by Crippen LogP contribution is -2.49. The van der Waals surface area contributed by atoms with Gasteiger partial charge in [0.05, 0.1) is 37.4 Å². The summed E-state index contributed by atoms with van der Waals surface area (Å²) in [6.07, 6.45) is -0.176. The quantitative estimate of drug-likeness (QED) is 0.414. The molecule has 8 heteroatoms. The molecule has 4 rings (SSSR count). The van der Waals surface area contributed by atoms with Gasteiger partial charge in [-0.1, -0.05) is 30.3 Å². The third kappa shape index (κ3) is 6.48. The van der Waals surface area contributed by atoms with Crippen LogP contribution in [0.3, 0.4) is 0 Å². The van der Waals surface area contributed by atoms with Crippen molar-refractivity contribution in [1.82, 2.24) is 9.80 Å². The van der Waals surface area contributed by atoms with Crippen LogP contribution >= 0.6 is 11.3 Å². The zero-order valence-corrected chi connectivity index (χ0v) is 20.8. The maximum atomic E-state index is 12.7. The fraction of sp³-hybridized carbons (Fsp3) is 0.333. The molecule has 1 atom stereocenters. The second kappa shape index (κ2) is 12.0. The lowest BCUT2D eigenvalue weighted by atomic mass is 10.1. The van der Waals surface area contributed by atoms with Crippen LogP contribution in [0, 0.1) is 0 Å². The first-order valence-corrected chi connectivity index (χ1v) is 12.4. The standard InChI is InChI=1S/C27H30N2O5S/c1-32-23-6-3-5-22(17-23)24(34-19-20-8-10-21(11-9-20)27(31)33-2)18-28-12-14-29(15-13-28)26(30)25-7-4-16-35-25/h3-11,16-17,24H,12-15,18-19H2,1-2H3. The van der Waals surface area contributed by atoms with Gasteiger partial charge in [0.1, 0.15) is 5.75 Å². The van der Waals surface area contributed by atoms with Crippen molar-refractivity contribution in [2.75, 3.05) is 46.9 Å². The smallest absolute Gasteiger partial charge is 0.337 e. The highest BCUT2D eigenvalue weighted by Crippen LogP contribution is 2.25. The summed E-state index contributed by atoms with van der Waals surface area (Å²) in [6.45, 7) is 4.06. The molecule has 7 nitrogen and oxygen atoms in total. The molecular weight excluding hydrogens is 464 g/mol. The summed E-state index contributed by atoms with van der Waals surface area (Å²) in [6, 6.07) is 19.0. The van der Waals surface area contributed by atoms with E-state index in [9.17, 15) is 9.59 Å². The third-order valence-electron chi connectivity index (χ3n) is 6.11. The van der Waals surface area contributed by atoms with Gasteiger partial charge in [-0.3, -0.25) is 9.69 Å². The molecule has 3 aromatic rings. The van der Waals surface area contributed by atoms with E-state index in [1.807, 2.05) is 58.8 Å². The molecule has 2 heterocycles. The number of hydrogen-bond acceptors (Lipinski definition) is 7. The van der Waals surface area contributed by atoms with E-state index in [1.165, 1.54) is 18.4 Å². The molecule has 0 spiro atoms. The Morgan fingerprint density at radius 1 is 0.971 bits per heavy atom. The minimum atomic E-state index is -0.358. The Labute approximate surface area is 209 Å². The number of hydrogen-bond donors (Lipinski definition) is 0. The Kier molecular flexibility index (Phi) is 8.52. The predicted molar refractivity (Wildman–Crippen MR) is 135 cm³/mol. The summed E-state index contributed by atoms with van der Waals surface area (Å²) in [5.41, 5.74) is 2.51. The molecule has 1 aliphatic rings. The van der Waals surface area contributed by atoms with Crippen LogP contribution in [0.2, 0.25) is 0 Å². The van der Waals surface area contributed by atoms with E-state index in [1.54, 1.807) is 19.2 Å². The molecule has 0 radical (unpaired) electrons. The number of benzene rings is 2. The van der Waals surface area contributed by atoms with E-state index in [4.69, 9.17) is 14.2 Å². The lowest BCUT2D eigenvalue weighted by molar-refractivity contribution is 0.00337. The van der Waals surface area contributed by atoms with Gasteiger partial charge in [0.15, 0.2) is 0 Å². The molecular formula is C27H30N2O5S. The molecule has 1 saturated heterocycles. The van der Waals surface area contributed by atoms with Crippen LogP contribution in [-0.2, 0) is 16.1 Å². The largest absolute Gasteiger partial charge is 0.497 e. The number of rotatable bonds is 9. The first-order chi connectivity index (χ1) is 17.1. The molecule has 0 bridgehead atoms. The molecule has 1 aromatic heterocycles. The highest BCUT2D eigenvalue weighted by atomic mass is 32.1. The van der Waals surface area contributed by atoms with Gasteiger partial charge in [0, 0.05) is 32.7 Å². The predicted octanol–water partition coefficient (Wildman–Crippen LogP) is 4.26. The summed E-state index contributed by atoms with van der Waals surface area (Å²) in [5.74, 6) is 0.531. The third-order valence-corrected chi connectivity index (χ3v) is 6.97. The minimum Gasteiger partial charge on any atom is -0.497 e. The van der Waals surface area contributed by atoms with Gasteiger partial charge < -0.3 is 19.1 Å². The van der Waals surface area contributed by atoms with Crippen molar-refractivity contribution in [2.45, 2.75) is 12.7 Å². The molecule has 0 saturated carbocycles. The molecule has 1 aliphatic heterocycles. The van der Waals surface area contributed by atoms with E-state index in [-0.39, 0.29) is 18.0 Å². The first-order valence-electron chi connectivity index (χ1n) is 11.6. The Morgan fingerprint density at radius 3 is 2.40 bits per heavy atom. The van der Waals surface area contributed by atoms with Crippen LogP contribution in [0.1, 0.15) is 37.3 Å². The molecule has 184 valence electrons. The second-order valence-electron chi connectivity index (χ2n) is 8.33. The Balaban J connectivity index is 1.40. The number of nitrogens with zero attached hydrogens (tertiary/aromatic N) is 2. The van der Waals surface area contributed by atoms with Gasteiger partial charge in [-0.15, -0.1) is 11.3 Å². The number of amides is 1. The maximum absolute atomic E-state index is 12.7. The van der Waals surface area contributed by atoms with Crippen LogP contribution in [0.5, 0.6) is 5.75 Å². The summed E-state index contributed by atoms with van der Waals surface area (Å²) < 4.78 is 16.6. The summed E-state index contributed by atoms with van der Waals surface area (Å²) in [4.78, 5) is 29.4. The fourth-order valence-electron chi connectivity index (χ4n) is 4.07. The van der Waals surface area contributed by atoms with Crippen LogP contribution in [0.4, 0.5) is 0 Å². The van der Waals surface area contributed by atoms with Crippen molar-refractivity contribution in [3.05, 3.63) is 87.6 Å². The average Bonchev–Trinajstić information content (AvgIpc) is 3.46. The van der Waals surface area contributed by atoms with E-state index in [0.29, 0.717) is 31.8 Å². The number of carbonyl (C=O) groups excluding carboxylic acids is 2. The fourth-order valence-corrected chi connectivity index (χ4v) is 4.76. The molecule has 2 aromatic carbocycles. The van der Waals surface area contributed by atoms with Gasteiger partial charge >= 0.3 is 5.97 Å². The number of ether oxygens (including phenoxy) is 3. The summed E-state index contributed by atoms with van der Waals surface area (Å²) in [5, 5.41) is 1.93. The second-order valence-corrected chi connectivity index (χ2v) is 9.28. The minimum absolute atomic E-state index is 0.107. The molecule has 1 fully saturated rings. The van der Waals surface area contributed by atoms with E-state index in [2.05, 4.69) is 4.90 Å². The maximum Gasteiger partial charge on any atom is 0.337 e. The van der Waals surface area contributed by atoms with Gasteiger partial charge in [0.2, 0.25) is 0 Å². The number of piperazine rings is 1. The zero-order valence-electron chi connectivity index (χ0n) is 20.0. The Morgan fingerprint density at radius 2 is 1.74 bits per heavy atom. The van der Waals surface area contributed by atoms with Crippen molar-refractivity contribution in [3.8, 4) is 5.75 Å². The normalized spacial score (nSPS) is 15.0. The summed E-state index contributed by atoms with van der Waals surface area (Å²) in [7, 11) is 3.03. The van der Waals surface area contributed by atoms with Crippen LogP contribution in [0.25, 0.3) is 0 Å². The molecule has 1 amide bonds. The average molecular weight is 495 g/mol. The topological polar surface area (TPSA) is 68.3 Å². The zero-order chi connectivity index (χ0) is 24.6. The Hall–Kier alpha value is -3.20. The van der Waals surface area contributed by atoms with Gasteiger partial charge in [-0.05, 0) is 46.8 Å². The number of esters is 1. The number of carbonyl (C=O) groups is 2. The van der Waals surface area contributed by atoms with Crippen LogP contribution < -0.4 is 4.74 Å². The summed E-state index contributed by atoms with van der Waals surface area (Å²) >= 11 is 1.48. The SMILES string of the molecule is COC(=O)c1ccc(COC(CN2CCN(C(=O)c3cccs3)CC2)c2cccc(OC)c2)cc1. The molecule has 35 heavy (non-hydrogen) atoms. The van der Waals surface area contributed by atoms with E-state index >= 15 is 0 Å². The molecule has 0 aliphatic carbocycles. The van der Waals surface area contributed by atoms with Crippen molar-refractivity contribution in [3.63, 3.8) is 0 Å². The van der Waals surface area contributed by atoms with Crippen LogP contribution in [0.15, 0.2) is 66.0 Å². The number of thiophene rings is 1. The van der Waals surface area contributed by atoms with Crippen LogP contribution in [-0.4, -0.2) is 68.6 Å². The van der Waals surface area contributed by atoms with Crippen molar-refractivity contribution in [1.29, 1.82) is 0 Å². The van der Waals surface area contributed by atoms with E-state index in [0.717, 1.165) is 34.8 Å². The highest BCUT2D eigenvalue weighted by Gasteiger charge is 2.25. The van der Waals surface area contributed by atoms with Crippen molar-refractivity contribution >= 4 is 23.2 Å².